The number of methoxy groups -OCH3 is 1. The summed E-state index contributed by atoms with van der Waals surface area (Å²) in [6.07, 6.45) is -0.669. The minimum atomic E-state index is -1.14. The maximum absolute atomic E-state index is 11.9. The van der Waals surface area contributed by atoms with Gasteiger partial charge in [0.15, 0.2) is 0 Å². The summed E-state index contributed by atoms with van der Waals surface area (Å²) in [5.41, 5.74) is -0.642. The smallest absolute Gasteiger partial charge is 0.407 e. The Morgan fingerprint density at radius 3 is 2.52 bits per heavy atom. The Morgan fingerprint density at radius 2 is 1.93 bits per heavy atom. The van der Waals surface area contributed by atoms with Gasteiger partial charge in [-0.15, -0.1) is 0 Å². The SMILES string of the molecule is COc1ccc2c(OCC3(C(=O)O)CCN(C(=O)O)CC3)ccc(Cl)c2n1. The van der Waals surface area contributed by atoms with Crippen molar-refractivity contribution in [2.45, 2.75) is 12.8 Å². The van der Waals surface area contributed by atoms with Gasteiger partial charge in [0, 0.05) is 24.5 Å². The zero-order chi connectivity index (χ0) is 19.6. The molecule has 1 aromatic heterocycles. The molecule has 27 heavy (non-hydrogen) atoms. The fourth-order valence-electron chi connectivity index (χ4n) is 3.14. The molecule has 2 aromatic rings. The van der Waals surface area contributed by atoms with Crippen molar-refractivity contribution in [1.29, 1.82) is 0 Å². The molecule has 1 fully saturated rings. The lowest BCUT2D eigenvalue weighted by Gasteiger charge is -2.37. The normalized spacial score (nSPS) is 16.1. The summed E-state index contributed by atoms with van der Waals surface area (Å²) in [5, 5.41) is 19.9. The molecule has 2 heterocycles. The predicted molar refractivity (Wildman–Crippen MR) is 97.7 cm³/mol. The van der Waals surface area contributed by atoms with E-state index in [0.717, 1.165) is 0 Å². The maximum Gasteiger partial charge on any atom is 0.407 e. The summed E-state index contributed by atoms with van der Waals surface area (Å²) in [4.78, 5) is 28.5. The number of carbonyl (C=O) groups is 2. The van der Waals surface area contributed by atoms with E-state index in [4.69, 9.17) is 26.2 Å². The standard InChI is InChI=1S/C18H19ClN2O6/c1-26-14-5-2-11-13(4-3-12(19)15(11)20-14)27-10-18(16(22)23)6-8-21(9-7-18)17(24)25/h2-5H,6-10H2,1H3,(H,22,23)(H,24,25). The van der Waals surface area contributed by atoms with Crippen molar-refractivity contribution >= 4 is 34.6 Å². The van der Waals surface area contributed by atoms with Crippen LogP contribution in [0, 0.1) is 5.41 Å². The number of hydrogen-bond donors (Lipinski definition) is 2. The van der Waals surface area contributed by atoms with Crippen LogP contribution < -0.4 is 9.47 Å². The van der Waals surface area contributed by atoms with Crippen LogP contribution in [0.2, 0.25) is 5.02 Å². The van der Waals surface area contributed by atoms with Crippen LogP contribution in [-0.4, -0.2) is 59.0 Å². The monoisotopic (exact) mass is 394 g/mol. The number of hydrogen-bond acceptors (Lipinski definition) is 5. The molecule has 0 atom stereocenters. The molecule has 0 saturated carbocycles. The lowest BCUT2D eigenvalue weighted by atomic mass is 9.79. The maximum atomic E-state index is 11.9. The zero-order valence-electron chi connectivity index (χ0n) is 14.6. The molecule has 0 bridgehead atoms. The average molecular weight is 395 g/mol. The van der Waals surface area contributed by atoms with E-state index in [1.807, 2.05) is 0 Å². The van der Waals surface area contributed by atoms with E-state index in [0.29, 0.717) is 27.6 Å². The molecule has 144 valence electrons. The zero-order valence-corrected chi connectivity index (χ0v) is 15.4. The summed E-state index contributed by atoms with van der Waals surface area (Å²) < 4.78 is 11.0. The molecule has 1 aliphatic heterocycles. The van der Waals surface area contributed by atoms with Gasteiger partial charge in [-0.05, 0) is 31.0 Å². The molecule has 1 aliphatic rings. The van der Waals surface area contributed by atoms with Crippen LogP contribution in [0.1, 0.15) is 12.8 Å². The van der Waals surface area contributed by atoms with Gasteiger partial charge in [-0.25, -0.2) is 9.78 Å². The first-order chi connectivity index (χ1) is 12.9. The molecule has 1 amide bonds. The lowest BCUT2D eigenvalue weighted by molar-refractivity contribution is -0.154. The van der Waals surface area contributed by atoms with Crippen LogP contribution >= 0.6 is 11.6 Å². The van der Waals surface area contributed by atoms with Crippen molar-refractivity contribution in [1.82, 2.24) is 9.88 Å². The quantitative estimate of drug-likeness (QED) is 0.801. The number of halogens is 1. The number of pyridine rings is 1. The molecule has 0 aliphatic carbocycles. The van der Waals surface area contributed by atoms with E-state index in [1.54, 1.807) is 24.3 Å². The van der Waals surface area contributed by atoms with Gasteiger partial charge in [-0.1, -0.05) is 11.6 Å². The van der Waals surface area contributed by atoms with E-state index < -0.39 is 17.5 Å². The molecular formula is C18H19ClN2O6. The number of amides is 1. The number of likely N-dealkylation sites (tertiary alicyclic amines) is 1. The van der Waals surface area contributed by atoms with Crippen LogP contribution in [0.5, 0.6) is 11.6 Å². The van der Waals surface area contributed by atoms with Gasteiger partial charge in [0.05, 0.1) is 17.6 Å². The van der Waals surface area contributed by atoms with E-state index in [2.05, 4.69) is 4.98 Å². The molecule has 1 aromatic carbocycles. The Morgan fingerprint density at radius 1 is 1.22 bits per heavy atom. The third kappa shape index (κ3) is 3.71. The molecule has 2 N–H and O–H groups in total. The highest BCUT2D eigenvalue weighted by Gasteiger charge is 2.43. The summed E-state index contributed by atoms with van der Waals surface area (Å²) in [6.45, 7) is 0.245. The van der Waals surface area contributed by atoms with Crippen molar-refractivity contribution in [2.24, 2.45) is 5.41 Å². The highest BCUT2D eigenvalue weighted by Crippen LogP contribution is 2.36. The van der Waals surface area contributed by atoms with E-state index in [-0.39, 0.29) is 32.5 Å². The van der Waals surface area contributed by atoms with Crippen molar-refractivity contribution in [3.8, 4) is 11.6 Å². The van der Waals surface area contributed by atoms with Crippen LogP contribution in [0.15, 0.2) is 24.3 Å². The number of fused-ring (bicyclic) bond motifs is 1. The van der Waals surface area contributed by atoms with Gasteiger partial charge >= 0.3 is 12.1 Å². The first-order valence-electron chi connectivity index (χ1n) is 8.33. The second-order valence-electron chi connectivity index (χ2n) is 6.44. The van der Waals surface area contributed by atoms with Gasteiger partial charge in [0.1, 0.15) is 17.8 Å². The molecule has 8 nitrogen and oxygen atoms in total. The number of ether oxygens (including phenoxy) is 2. The molecule has 1 saturated heterocycles. The Bertz CT molecular complexity index is 880. The Kier molecular flexibility index (Phi) is 5.27. The topological polar surface area (TPSA) is 109 Å². The summed E-state index contributed by atoms with van der Waals surface area (Å²) in [5.74, 6) is -0.124. The van der Waals surface area contributed by atoms with Gasteiger partial charge < -0.3 is 24.6 Å². The fraction of sp³-hybridized carbons (Fsp3) is 0.389. The summed E-state index contributed by atoms with van der Waals surface area (Å²) in [6, 6.07) is 6.72. The van der Waals surface area contributed by atoms with Crippen LogP contribution in [0.4, 0.5) is 4.79 Å². The largest absolute Gasteiger partial charge is 0.492 e. The Hall–Kier alpha value is -2.74. The number of nitrogens with zero attached hydrogens (tertiary/aromatic N) is 2. The molecule has 3 rings (SSSR count). The Balaban J connectivity index is 1.83. The van der Waals surface area contributed by atoms with E-state index in [1.165, 1.54) is 12.0 Å². The van der Waals surface area contributed by atoms with Gasteiger partial charge in [-0.3, -0.25) is 4.79 Å². The number of rotatable bonds is 5. The number of aromatic nitrogens is 1. The van der Waals surface area contributed by atoms with E-state index in [9.17, 15) is 14.7 Å². The van der Waals surface area contributed by atoms with Gasteiger partial charge in [0.25, 0.3) is 0 Å². The van der Waals surface area contributed by atoms with E-state index >= 15 is 0 Å². The molecule has 9 heteroatoms. The number of aliphatic carboxylic acids is 1. The number of carboxylic acids is 1. The minimum absolute atomic E-state index is 0.0709. The first kappa shape index (κ1) is 19.0. The highest BCUT2D eigenvalue weighted by atomic mass is 35.5. The van der Waals surface area contributed by atoms with Crippen molar-refractivity contribution in [3.05, 3.63) is 29.3 Å². The number of carboxylic acid groups (broad SMARTS) is 2. The lowest BCUT2D eigenvalue weighted by Crippen LogP contribution is -2.49. The third-order valence-electron chi connectivity index (χ3n) is 4.90. The second kappa shape index (κ2) is 7.48. The van der Waals surface area contributed by atoms with Gasteiger partial charge in [0.2, 0.25) is 5.88 Å². The van der Waals surface area contributed by atoms with Crippen molar-refractivity contribution in [3.63, 3.8) is 0 Å². The fourth-order valence-corrected chi connectivity index (χ4v) is 3.35. The van der Waals surface area contributed by atoms with Crippen LogP contribution in [0.3, 0.4) is 0 Å². The molecule has 0 spiro atoms. The summed E-state index contributed by atoms with van der Waals surface area (Å²) >= 11 is 6.20. The van der Waals surface area contributed by atoms with Crippen LogP contribution in [0.25, 0.3) is 10.9 Å². The number of piperidine rings is 1. The number of benzene rings is 1. The Labute approximate surface area is 160 Å². The predicted octanol–water partition coefficient (Wildman–Crippen LogP) is 3.12. The van der Waals surface area contributed by atoms with Crippen LogP contribution in [-0.2, 0) is 4.79 Å². The summed E-state index contributed by atoms with van der Waals surface area (Å²) in [7, 11) is 1.50. The first-order valence-corrected chi connectivity index (χ1v) is 8.71. The van der Waals surface area contributed by atoms with Gasteiger partial charge in [-0.2, -0.15) is 0 Å². The third-order valence-corrected chi connectivity index (χ3v) is 5.21. The van der Waals surface area contributed by atoms with Crippen molar-refractivity contribution in [2.75, 3.05) is 26.8 Å². The van der Waals surface area contributed by atoms with Crippen molar-refractivity contribution < 1.29 is 29.3 Å². The second-order valence-corrected chi connectivity index (χ2v) is 6.85. The molecular weight excluding hydrogens is 376 g/mol. The molecule has 0 unspecified atom stereocenters. The highest BCUT2D eigenvalue weighted by molar-refractivity contribution is 6.35. The minimum Gasteiger partial charge on any atom is -0.492 e. The molecule has 0 radical (unpaired) electrons. The average Bonchev–Trinajstić information content (AvgIpc) is 2.67.